The number of nitrogens with one attached hydrogen (secondary N) is 1. The van der Waals surface area contributed by atoms with Crippen molar-refractivity contribution in [2.24, 2.45) is 0 Å². The first-order valence-electron chi connectivity index (χ1n) is 5.40. The number of aromatic nitrogens is 1. The van der Waals surface area contributed by atoms with Crippen molar-refractivity contribution in [3.05, 3.63) is 35.0 Å². The highest BCUT2D eigenvalue weighted by Crippen LogP contribution is 2.23. The number of hydrogen-bond donors (Lipinski definition) is 2. The van der Waals surface area contributed by atoms with E-state index in [9.17, 15) is 4.79 Å². The Balaban J connectivity index is 2.25. The summed E-state index contributed by atoms with van der Waals surface area (Å²) in [6, 6.07) is 5.33. The summed E-state index contributed by atoms with van der Waals surface area (Å²) in [7, 11) is 0. The molecule has 0 unspecified atom stereocenters. The fourth-order valence-electron chi connectivity index (χ4n) is 1.65. The number of amides is 1. The summed E-state index contributed by atoms with van der Waals surface area (Å²) >= 11 is 1.32. The second-order valence-electron chi connectivity index (χ2n) is 3.67. The number of nitrogens with zero attached hydrogens (tertiary/aromatic N) is 2. The lowest BCUT2D eigenvalue weighted by atomic mass is 10.3. The number of nitrogen functional groups attached to an aromatic ring is 1. The topological polar surface area (TPSA) is 83.8 Å². The maximum Gasteiger partial charge on any atom is 0.272 e. The normalized spacial score (nSPS) is 10.0. The lowest BCUT2D eigenvalue weighted by Crippen LogP contribution is -2.16. The molecule has 0 aliphatic heterocycles. The number of hydrogen-bond acceptors (Lipinski definition) is 4. The molecule has 0 bridgehead atoms. The molecule has 0 saturated heterocycles. The van der Waals surface area contributed by atoms with Crippen molar-refractivity contribution >= 4 is 27.9 Å². The first kappa shape index (κ1) is 12.2. The van der Waals surface area contributed by atoms with E-state index in [0.29, 0.717) is 28.5 Å². The molecule has 5 nitrogen and oxygen atoms in total. The van der Waals surface area contributed by atoms with Crippen molar-refractivity contribution in [3.8, 4) is 6.07 Å². The average molecular weight is 260 g/mol. The van der Waals surface area contributed by atoms with E-state index in [1.807, 2.05) is 13.0 Å². The van der Waals surface area contributed by atoms with Gasteiger partial charge in [0, 0.05) is 12.7 Å². The summed E-state index contributed by atoms with van der Waals surface area (Å²) in [6.07, 6.45) is 1.72. The minimum Gasteiger partial charge on any atom is -0.397 e. The molecule has 2 rings (SSSR count). The van der Waals surface area contributed by atoms with Crippen molar-refractivity contribution in [2.45, 2.75) is 13.5 Å². The van der Waals surface area contributed by atoms with Crippen molar-refractivity contribution in [2.75, 3.05) is 11.1 Å². The molecule has 0 spiro atoms. The average Bonchev–Trinajstić information content (AvgIpc) is 2.94. The van der Waals surface area contributed by atoms with Crippen LogP contribution in [-0.2, 0) is 6.54 Å². The molecule has 1 amide bonds. The van der Waals surface area contributed by atoms with Gasteiger partial charge in [0.05, 0.1) is 11.3 Å². The van der Waals surface area contributed by atoms with E-state index in [-0.39, 0.29) is 5.91 Å². The molecule has 2 aromatic heterocycles. The van der Waals surface area contributed by atoms with Gasteiger partial charge in [-0.1, -0.05) is 0 Å². The van der Waals surface area contributed by atoms with Crippen LogP contribution in [0, 0.1) is 11.3 Å². The van der Waals surface area contributed by atoms with E-state index < -0.39 is 0 Å². The Labute approximate surface area is 108 Å². The number of aryl methyl sites for hydroxylation is 1. The van der Waals surface area contributed by atoms with Gasteiger partial charge in [0.25, 0.3) is 5.91 Å². The fraction of sp³-hybridized carbons (Fsp3) is 0.167. The SMILES string of the molecule is CCn1cc(N)cc1C(=O)Nc1sccc1C#N. The Morgan fingerprint density at radius 3 is 3.11 bits per heavy atom. The number of anilines is 2. The molecule has 18 heavy (non-hydrogen) atoms. The van der Waals surface area contributed by atoms with Gasteiger partial charge in [0.15, 0.2) is 0 Å². The second kappa shape index (κ2) is 4.94. The zero-order valence-electron chi connectivity index (χ0n) is 9.80. The molecular formula is C12H12N4OS. The Bertz CT molecular complexity index is 620. The molecule has 3 N–H and O–H groups in total. The highest BCUT2D eigenvalue weighted by molar-refractivity contribution is 7.14. The summed E-state index contributed by atoms with van der Waals surface area (Å²) in [5.74, 6) is -0.257. The molecule has 6 heteroatoms. The zero-order valence-corrected chi connectivity index (χ0v) is 10.6. The van der Waals surface area contributed by atoms with Crippen LogP contribution >= 0.6 is 11.3 Å². The van der Waals surface area contributed by atoms with Crippen LogP contribution in [0.4, 0.5) is 10.7 Å². The van der Waals surface area contributed by atoms with Gasteiger partial charge in [-0.15, -0.1) is 11.3 Å². The van der Waals surface area contributed by atoms with Crippen LogP contribution in [-0.4, -0.2) is 10.5 Å². The zero-order chi connectivity index (χ0) is 13.1. The molecule has 0 aliphatic rings. The van der Waals surface area contributed by atoms with Crippen LogP contribution < -0.4 is 11.1 Å². The van der Waals surface area contributed by atoms with E-state index in [2.05, 4.69) is 5.32 Å². The number of thiophene rings is 1. The molecule has 2 aromatic rings. The third kappa shape index (κ3) is 2.21. The number of nitrogens with two attached hydrogens (primary N) is 1. The van der Waals surface area contributed by atoms with Gasteiger partial charge in [0.1, 0.15) is 16.8 Å². The highest BCUT2D eigenvalue weighted by atomic mass is 32.1. The van der Waals surface area contributed by atoms with Gasteiger partial charge < -0.3 is 15.6 Å². The molecule has 0 aromatic carbocycles. The molecule has 92 valence electrons. The highest BCUT2D eigenvalue weighted by Gasteiger charge is 2.14. The minimum absolute atomic E-state index is 0.257. The number of nitriles is 1. The van der Waals surface area contributed by atoms with Crippen LogP contribution in [0.15, 0.2) is 23.7 Å². The van der Waals surface area contributed by atoms with Crippen molar-refractivity contribution in [3.63, 3.8) is 0 Å². The smallest absolute Gasteiger partial charge is 0.272 e. The van der Waals surface area contributed by atoms with Gasteiger partial charge >= 0.3 is 0 Å². The lowest BCUT2D eigenvalue weighted by Gasteiger charge is -2.06. The number of carbonyl (C=O) groups excluding carboxylic acids is 1. The molecule has 2 heterocycles. The van der Waals surface area contributed by atoms with Crippen LogP contribution in [0.1, 0.15) is 23.0 Å². The summed E-state index contributed by atoms with van der Waals surface area (Å²) in [5, 5.41) is 13.9. The van der Waals surface area contributed by atoms with Crippen LogP contribution in [0.3, 0.4) is 0 Å². The van der Waals surface area contributed by atoms with Gasteiger partial charge in [-0.05, 0) is 24.4 Å². The van der Waals surface area contributed by atoms with Crippen molar-refractivity contribution in [1.29, 1.82) is 5.26 Å². The Kier molecular flexibility index (Phi) is 3.35. The predicted octanol–water partition coefficient (Wildman–Crippen LogP) is 2.28. The van der Waals surface area contributed by atoms with E-state index in [0.717, 1.165) is 0 Å². The Morgan fingerprint density at radius 2 is 2.44 bits per heavy atom. The third-order valence-electron chi connectivity index (χ3n) is 2.50. The molecule has 0 aliphatic carbocycles. The quantitative estimate of drug-likeness (QED) is 0.887. The number of carbonyl (C=O) groups is 1. The molecule has 0 radical (unpaired) electrons. The first-order valence-corrected chi connectivity index (χ1v) is 6.28. The second-order valence-corrected chi connectivity index (χ2v) is 4.59. The van der Waals surface area contributed by atoms with Gasteiger partial charge in [-0.2, -0.15) is 5.26 Å². The molecule has 0 saturated carbocycles. The van der Waals surface area contributed by atoms with E-state index in [4.69, 9.17) is 11.0 Å². The van der Waals surface area contributed by atoms with Crippen LogP contribution in [0.5, 0.6) is 0 Å². The maximum absolute atomic E-state index is 12.1. The fourth-order valence-corrected chi connectivity index (χ4v) is 2.38. The summed E-state index contributed by atoms with van der Waals surface area (Å²) in [5.41, 5.74) is 7.18. The Hall–Kier alpha value is -2.26. The lowest BCUT2D eigenvalue weighted by molar-refractivity contribution is 0.101. The van der Waals surface area contributed by atoms with Gasteiger partial charge in [-0.3, -0.25) is 4.79 Å². The van der Waals surface area contributed by atoms with E-state index in [1.54, 1.807) is 28.3 Å². The first-order chi connectivity index (χ1) is 8.65. The predicted molar refractivity (Wildman–Crippen MR) is 71.5 cm³/mol. The van der Waals surface area contributed by atoms with Crippen LogP contribution in [0.2, 0.25) is 0 Å². The van der Waals surface area contributed by atoms with Crippen molar-refractivity contribution < 1.29 is 4.79 Å². The molecular weight excluding hydrogens is 248 g/mol. The Morgan fingerprint density at radius 1 is 1.67 bits per heavy atom. The van der Waals surface area contributed by atoms with Gasteiger partial charge in [-0.25, -0.2) is 0 Å². The monoisotopic (exact) mass is 260 g/mol. The standard InChI is InChI=1S/C12H12N4OS/c1-2-16-7-9(14)5-10(16)11(17)15-12-8(6-13)3-4-18-12/h3-5,7H,2,14H2,1H3,(H,15,17). The molecule has 0 atom stereocenters. The third-order valence-corrected chi connectivity index (χ3v) is 3.33. The van der Waals surface area contributed by atoms with Gasteiger partial charge in [0.2, 0.25) is 0 Å². The van der Waals surface area contributed by atoms with Crippen molar-refractivity contribution in [1.82, 2.24) is 4.57 Å². The molecule has 0 fully saturated rings. The summed E-state index contributed by atoms with van der Waals surface area (Å²) < 4.78 is 1.77. The number of rotatable bonds is 3. The van der Waals surface area contributed by atoms with Crippen LogP contribution in [0.25, 0.3) is 0 Å². The summed E-state index contributed by atoms with van der Waals surface area (Å²) in [6.45, 7) is 2.59. The minimum atomic E-state index is -0.257. The maximum atomic E-state index is 12.1. The summed E-state index contributed by atoms with van der Waals surface area (Å²) in [4.78, 5) is 12.1. The van der Waals surface area contributed by atoms with E-state index >= 15 is 0 Å². The largest absolute Gasteiger partial charge is 0.397 e. The van der Waals surface area contributed by atoms with E-state index in [1.165, 1.54) is 11.3 Å².